The number of anilines is 1. The minimum atomic E-state index is -3.20. The molecule has 28 heavy (non-hydrogen) atoms. The van der Waals surface area contributed by atoms with Crippen molar-refractivity contribution in [2.45, 2.75) is 13.5 Å². The zero-order valence-corrected chi connectivity index (χ0v) is 17.2. The van der Waals surface area contributed by atoms with E-state index in [9.17, 15) is 13.2 Å². The molecule has 0 bridgehead atoms. The number of carbonyl (C=O) groups is 1. The highest BCUT2D eigenvalue weighted by atomic mass is 32.2. The van der Waals surface area contributed by atoms with Gasteiger partial charge in [0, 0.05) is 38.4 Å². The third-order valence-electron chi connectivity index (χ3n) is 5.00. The van der Waals surface area contributed by atoms with Crippen LogP contribution in [0.3, 0.4) is 0 Å². The molecular formula is C21H27N3O3S. The Morgan fingerprint density at radius 1 is 0.964 bits per heavy atom. The van der Waals surface area contributed by atoms with Gasteiger partial charge in [0.25, 0.3) is 0 Å². The highest BCUT2D eigenvalue weighted by Gasteiger charge is 2.27. The third-order valence-corrected chi connectivity index (χ3v) is 6.31. The van der Waals surface area contributed by atoms with E-state index in [1.54, 1.807) is 4.90 Å². The van der Waals surface area contributed by atoms with E-state index in [1.807, 2.05) is 49.4 Å². The van der Waals surface area contributed by atoms with Gasteiger partial charge in [-0.05, 0) is 24.6 Å². The lowest BCUT2D eigenvalue weighted by molar-refractivity contribution is -0.130. The van der Waals surface area contributed by atoms with Crippen molar-refractivity contribution in [2.24, 2.45) is 0 Å². The number of benzene rings is 2. The van der Waals surface area contributed by atoms with Crippen LogP contribution < -0.4 is 4.90 Å². The summed E-state index contributed by atoms with van der Waals surface area (Å²) >= 11 is 0. The van der Waals surface area contributed by atoms with Crippen molar-refractivity contribution in [3.8, 4) is 0 Å². The fourth-order valence-corrected chi connectivity index (χ4v) is 4.16. The summed E-state index contributed by atoms with van der Waals surface area (Å²) in [6.07, 6.45) is 1.21. The molecule has 0 aromatic heterocycles. The molecule has 0 saturated carbocycles. The van der Waals surface area contributed by atoms with E-state index in [0.29, 0.717) is 32.7 Å². The number of hydrogen-bond acceptors (Lipinski definition) is 4. The highest BCUT2D eigenvalue weighted by molar-refractivity contribution is 7.88. The fraction of sp³-hybridized carbons (Fsp3) is 0.381. The molecule has 1 amide bonds. The van der Waals surface area contributed by atoms with Gasteiger partial charge in [0.15, 0.2) is 0 Å². The Labute approximate surface area is 167 Å². The lowest BCUT2D eigenvalue weighted by Gasteiger charge is -2.35. The molecule has 0 N–H and O–H groups in total. The zero-order chi connectivity index (χ0) is 20.1. The average Bonchev–Trinajstić information content (AvgIpc) is 2.68. The topological polar surface area (TPSA) is 60.9 Å². The van der Waals surface area contributed by atoms with Crippen LogP contribution in [-0.4, -0.2) is 62.5 Å². The van der Waals surface area contributed by atoms with Gasteiger partial charge in [0.05, 0.1) is 12.8 Å². The van der Waals surface area contributed by atoms with Crippen LogP contribution in [0, 0.1) is 6.92 Å². The van der Waals surface area contributed by atoms with E-state index in [2.05, 4.69) is 17.0 Å². The summed E-state index contributed by atoms with van der Waals surface area (Å²) in [6, 6.07) is 18.2. The summed E-state index contributed by atoms with van der Waals surface area (Å²) in [4.78, 5) is 16.7. The largest absolute Gasteiger partial charge is 0.358 e. The SMILES string of the molecule is Cc1ccc(N(CC(=O)N2CCN(S(C)(=O)=O)CC2)Cc2ccccc2)cc1. The number of piperazine rings is 1. The van der Waals surface area contributed by atoms with Gasteiger partial charge in [0.2, 0.25) is 15.9 Å². The van der Waals surface area contributed by atoms with Gasteiger partial charge in [-0.3, -0.25) is 4.79 Å². The van der Waals surface area contributed by atoms with Crippen molar-refractivity contribution in [1.29, 1.82) is 0 Å². The number of rotatable bonds is 6. The normalized spacial score (nSPS) is 15.4. The maximum absolute atomic E-state index is 12.9. The van der Waals surface area contributed by atoms with Crippen LogP contribution in [0.5, 0.6) is 0 Å². The van der Waals surface area contributed by atoms with Gasteiger partial charge in [-0.25, -0.2) is 8.42 Å². The van der Waals surface area contributed by atoms with Crippen LogP contribution in [-0.2, 0) is 21.4 Å². The molecule has 3 rings (SSSR count). The van der Waals surface area contributed by atoms with Gasteiger partial charge >= 0.3 is 0 Å². The highest BCUT2D eigenvalue weighted by Crippen LogP contribution is 2.19. The Morgan fingerprint density at radius 2 is 1.57 bits per heavy atom. The first-order valence-electron chi connectivity index (χ1n) is 9.41. The van der Waals surface area contributed by atoms with Crippen LogP contribution >= 0.6 is 0 Å². The van der Waals surface area contributed by atoms with Crippen molar-refractivity contribution in [2.75, 3.05) is 43.9 Å². The fourth-order valence-electron chi connectivity index (χ4n) is 3.33. The van der Waals surface area contributed by atoms with E-state index >= 15 is 0 Å². The third kappa shape index (κ3) is 5.33. The molecule has 150 valence electrons. The standard InChI is InChI=1S/C21H27N3O3S/c1-18-8-10-20(11-9-18)23(16-19-6-4-3-5-7-19)17-21(25)22-12-14-24(15-13-22)28(2,26)27/h3-11H,12-17H2,1-2H3. The van der Waals surface area contributed by atoms with E-state index in [0.717, 1.165) is 11.3 Å². The van der Waals surface area contributed by atoms with E-state index < -0.39 is 10.0 Å². The number of hydrogen-bond donors (Lipinski definition) is 0. The summed E-state index contributed by atoms with van der Waals surface area (Å²) in [5, 5.41) is 0. The summed E-state index contributed by atoms with van der Waals surface area (Å²) in [6.45, 7) is 4.51. The Morgan fingerprint density at radius 3 is 2.14 bits per heavy atom. The summed E-state index contributed by atoms with van der Waals surface area (Å²) < 4.78 is 24.8. The first kappa shape index (κ1) is 20.4. The summed E-state index contributed by atoms with van der Waals surface area (Å²) in [5.74, 6) is 0.0182. The lowest BCUT2D eigenvalue weighted by atomic mass is 10.1. The number of carbonyl (C=O) groups excluding carboxylic acids is 1. The average molecular weight is 402 g/mol. The molecule has 2 aromatic carbocycles. The van der Waals surface area contributed by atoms with Crippen molar-refractivity contribution < 1.29 is 13.2 Å². The molecule has 0 radical (unpaired) electrons. The van der Waals surface area contributed by atoms with Gasteiger partial charge in [-0.1, -0.05) is 48.0 Å². The van der Waals surface area contributed by atoms with Crippen molar-refractivity contribution in [3.63, 3.8) is 0 Å². The molecule has 2 aromatic rings. The quantitative estimate of drug-likeness (QED) is 0.744. The number of nitrogens with zero attached hydrogens (tertiary/aromatic N) is 3. The van der Waals surface area contributed by atoms with Gasteiger partial charge in [0.1, 0.15) is 0 Å². The van der Waals surface area contributed by atoms with Crippen molar-refractivity contribution in [3.05, 3.63) is 65.7 Å². The second-order valence-electron chi connectivity index (χ2n) is 7.22. The van der Waals surface area contributed by atoms with Crippen LogP contribution in [0.2, 0.25) is 0 Å². The minimum absolute atomic E-state index is 0.0182. The monoisotopic (exact) mass is 401 g/mol. The maximum Gasteiger partial charge on any atom is 0.242 e. The van der Waals surface area contributed by atoms with Gasteiger partial charge < -0.3 is 9.80 Å². The molecule has 0 spiro atoms. The Hall–Kier alpha value is -2.38. The molecular weight excluding hydrogens is 374 g/mol. The summed E-state index contributed by atoms with van der Waals surface area (Å²) in [5.41, 5.74) is 3.31. The van der Waals surface area contributed by atoms with Crippen molar-refractivity contribution >= 4 is 21.6 Å². The smallest absolute Gasteiger partial charge is 0.242 e. The van der Waals surface area contributed by atoms with Crippen LogP contribution in [0.1, 0.15) is 11.1 Å². The zero-order valence-electron chi connectivity index (χ0n) is 16.4. The molecule has 1 fully saturated rings. The predicted molar refractivity (Wildman–Crippen MR) is 112 cm³/mol. The van der Waals surface area contributed by atoms with E-state index in [4.69, 9.17) is 0 Å². The molecule has 1 heterocycles. The minimum Gasteiger partial charge on any atom is -0.358 e. The second-order valence-corrected chi connectivity index (χ2v) is 9.20. The molecule has 7 heteroatoms. The second kappa shape index (κ2) is 8.75. The Balaban J connectivity index is 1.70. The molecule has 0 aliphatic carbocycles. The van der Waals surface area contributed by atoms with Crippen LogP contribution in [0.15, 0.2) is 54.6 Å². The Bertz CT molecular complexity index is 890. The number of sulfonamides is 1. The maximum atomic E-state index is 12.9. The van der Waals surface area contributed by atoms with Crippen LogP contribution in [0.4, 0.5) is 5.69 Å². The van der Waals surface area contributed by atoms with E-state index in [-0.39, 0.29) is 12.5 Å². The first-order chi connectivity index (χ1) is 13.3. The molecule has 6 nitrogen and oxygen atoms in total. The number of aryl methyl sites for hydroxylation is 1. The Kier molecular flexibility index (Phi) is 6.36. The summed E-state index contributed by atoms with van der Waals surface area (Å²) in [7, 11) is -3.20. The van der Waals surface area contributed by atoms with Crippen LogP contribution in [0.25, 0.3) is 0 Å². The molecule has 1 saturated heterocycles. The van der Waals surface area contributed by atoms with Gasteiger partial charge in [-0.2, -0.15) is 4.31 Å². The molecule has 1 aliphatic rings. The molecule has 0 unspecified atom stereocenters. The van der Waals surface area contributed by atoms with Crippen molar-refractivity contribution in [1.82, 2.24) is 9.21 Å². The van der Waals surface area contributed by atoms with Gasteiger partial charge in [-0.15, -0.1) is 0 Å². The lowest BCUT2D eigenvalue weighted by Crippen LogP contribution is -2.52. The predicted octanol–water partition coefficient (Wildman–Crippen LogP) is 2.11. The molecule has 1 aliphatic heterocycles. The first-order valence-corrected chi connectivity index (χ1v) is 11.3. The number of amides is 1. The van der Waals surface area contributed by atoms with E-state index in [1.165, 1.54) is 16.1 Å². The molecule has 0 atom stereocenters.